The number of fused-ring (bicyclic) bond motifs is 1. The maximum Gasteiger partial charge on any atom is 0.272 e. The van der Waals surface area contributed by atoms with Crippen LogP contribution in [0.1, 0.15) is 59.7 Å². The predicted octanol–water partition coefficient (Wildman–Crippen LogP) is 1.96. The third kappa shape index (κ3) is 4.95. The molecule has 0 saturated heterocycles. The van der Waals surface area contributed by atoms with E-state index in [1.807, 2.05) is 44.2 Å². The van der Waals surface area contributed by atoms with Gasteiger partial charge in [0.1, 0.15) is 11.7 Å². The standard InChI is InChI=1S/C23H29N5O3/c1-15(2)20(22(30)24-17-9-10-17)25-21(29)18-13-19-23(31)27(11-6-12-28(19)26-18)14-16-7-4-3-5-8-16/h3-5,7-8,13,15,17,20H,6,9-12,14H2,1-2H3,(H,24,30)(H,25,29)/t20-/m1/s1. The zero-order chi connectivity index (χ0) is 22.0. The summed E-state index contributed by atoms with van der Waals surface area (Å²) in [6.07, 6.45) is 2.73. The first-order chi connectivity index (χ1) is 14.9. The Morgan fingerprint density at radius 2 is 1.90 bits per heavy atom. The molecule has 1 saturated carbocycles. The number of carbonyl (C=O) groups is 3. The molecule has 0 unspecified atom stereocenters. The lowest BCUT2D eigenvalue weighted by Crippen LogP contribution is -2.50. The fourth-order valence-corrected chi connectivity index (χ4v) is 3.77. The van der Waals surface area contributed by atoms with Gasteiger partial charge in [-0.05, 0) is 30.7 Å². The van der Waals surface area contributed by atoms with Gasteiger partial charge in [0, 0.05) is 31.7 Å². The van der Waals surface area contributed by atoms with Crippen LogP contribution in [0.15, 0.2) is 36.4 Å². The number of hydrogen-bond donors (Lipinski definition) is 2. The molecule has 3 amide bonds. The number of amides is 3. The molecule has 164 valence electrons. The van der Waals surface area contributed by atoms with Gasteiger partial charge in [0.05, 0.1) is 0 Å². The Morgan fingerprint density at radius 3 is 2.58 bits per heavy atom. The van der Waals surface area contributed by atoms with E-state index in [0.29, 0.717) is 25.3 Å². The summed E-state index contributed by atoms with van der Waals surface area (Å²) in [5, 5.41) is 10.1. The third-order valence-electron chi connectivity index (χ3n) is 5.69. The molecule has 1 atom stereocenters. The molecule has 1 aromatic heterocycles. The van der Waals surface area contributed by atoms with E-state index >= 15 is 0 Å². The molecular weight excluding hydrogens is 394 g/mol. The van der Waals surface area contributed by atoms with E-state index in [-0.39, 0.29) is 29.5 Å². The summed E-state index contributed by atoms with van der Waals surface area (Å²) in [4.78, 5) is 40.3. The molecule has 4 rings (SSSR count). The van der Waals surface area contributed by atoms with Gasteiger partial charge in [0.2, 0.25) is 5.91 Å². The van der Waals surface area contributed by atoms with Crippen LogP contribution in [0.25, 0.3) is 0 Å². The van der Waals surface area contributed by atoms with Gasteiger partial charge in [-0.2, -0.15) is 5.10 Å². The van der Waals surface area contributed by atoms with Gasteiger partial charge in [-0.1, -0.05) is 44.2 Å². The Morgan fingerprint density at radius 1 is 1.16 bits per heavy atom. The van der Waals surface area contributed by atoms with Gasteiger partial charge < -0.3 is 15.5 Å². The summed E-state index contributed by atoms with van der Waals surface area (Å²) < 4.78 is 1.61. The quantitative estimate of drug-likeness (QED) is 0.712. The lowest BCUT2D eigenvalue weighted by Gasteiger charge is -2.21. The highest BCUT2D eigenvalue weighted by atomic mass is 16.2. The first-order valence-electron chi connectivity index (χ1n) is 10.9. The molecule has 2 N–H and O–H groups in total. The average Bonchev–Trinajstić information content (AvgIpc) is 3.48. The van der Waals surface area contributed by atoms with E-state index < -0.39 is 11.9 Å². The summed E-state index contributed by atoms with van der Waals surface area (Å²) in [5.41, 5.74) is 1.63. The first kappa shape index (κ1) is 21.1. The lowest BCUT2D eigenvalue weighted by atomic mass is 10.0. The van der Waals surface area contributed by atoms with E-state index in [0.717, 1.165) is 24.8 Å². The summed E-state index contributed by atoms with van der Waals surface area (Å²) in [6, 6.07) is 11.0. The Balaban J connectivity index is 1.48. The van der Waals surface area contributed by atoms with Crippen molar-refractivity contribution in [1.82, 2.24) is 25.3 Å². The Kier molecular flexibility index (Phi) is 6.06. The topological polar surface area (TPSA) is 96.3 Å². The SMILES string of the molecule is CC(C)[C@@H](NC(=O)c1cc2n(n1)CCCN(Cc1ccccc1)C2=O)C(=O)NC1CC1. The van der Waals surface area contributed by atoms with Gasteiger partial charge in [0.15, 0.2) is 5.69 Å². The smallest absolute Gasteiger partial charge is 0.272 e. The minimum atomic E-state index is -0.639. The molecule has 0 bridgehead atoms. The van der Waals surface area contributed by atoms with Crippen LogP contribution in [0.4, 0.5) is 0 Å². The largest absolute Gasteiger partial charge is 0.352 e. The van der Waals surface area contributed by atoms with Gasteiger partial charge in [0.25, 0.3) is 11.8 Å². The highest BCUT2D eigenvalue weighted by molar-refractivity contribution is 5.99. The van der Waals surface area contributed by atoms with E-state index in [4.69, 9.17) is 0 Å². The van der Waals surface area contributed by atoms with Crippen LogP contribution in [0.3, 0.4) is 0 Å². The van der Waals surface area contributed by atoms with Crippen molar-refractivity contribution < 1.29 is 14.4 Å². The molecule has 2 aliphatic rings. The molecule has 1 aromatic carbocycles. The monoisotopic (exact) mass is 423 g/mol. The zero-order valence-electron chi connectivity index (χ0n) is 18.0. The number of aromatic nitrogens is 2. The van der Waals surface area contributed by atoms with Crippen molar-refractivity contribution in [1.29, 1.82) is 0 Å². The molecule has 0 radical (unpaired) electrons. The van der Waals surface area contributed by atoms with E-state index in [1.165, 1.54) is 6.07 Å². The van der Waals surface area contributed by atoms with Crippen LogP contribution < -0.4 is 10.6 Å². The van der Waals surface area contributed by atoms with Crippen LogP contribution in [-0.2, 0) is 17.9 Å². The number of nitrogens with zero attached hydrogens (tertiary/aromatic N) is 3. The zero-order valence-corrected chi connectivity index (χ0v) is 18.0. The van der Waals surface area contributed by atoms with Crippen molar-refractivity contribution in [2.75, 3.05) is 6.54 Å². The van der Waals surface area contributed by atoms with E-state index in [2.05, 4.69) is 15.7 Å². The van der Waals surface area contributed by atoms with Crippen LogP contribution in [-0.4, -0.2) is 51.0 Å². The number of carbonyl (C=O) groups excluding carboxylic acids is 3. The molecule has 1 aliphatic heterocycles. The second-order valence-corrected chi connectivity index (χ2v) is 8.68. The van der Waals surface area contributed by atoms with E-state index in [1.54, 1.807) is 9.58 Å². The molecule has 1 fully saturated rings. The Labute approximate surface area is 182 Å². The maximum absolute atomic E-state index is 13.1. The Bertz CT molecular complexity index is 965. The highest BCUT2D eigenvalue weighted by Gasteiger charge is 2.32. The van der Waals surface area contributed by atoms with Crippen molar-refractivity contribution in [3.8, 4) is 0 Å². The van der Waals surface area contributed by atoms with Gasteiger partial charge >= 0.3 is 0 Å². The van der Waals surface area contributed by atoms with Crippen molar-refractivity contribution in [2.45, 2.75) is 58.3 Å². The van der Waals surface area contributed by atoms with Gasteiger partial charge in [-0.3, -0.25) is 19.1 Å². The fraction of sp³-hybridized carbons (Fsp3) is 0.478. The second-order valence-electron chi connectivity index (χ2n) is 8.68. The molecule has 1 aliphatic carbocycles. The number of hydrogen-bond acceptors (Lipinski definition) is 4. The molecular formula is C23H29N5O3. The average molecular weight is 424 g/mol. The fourth-order valence-electron chi connectivity index (χ4n) is 3.77. The second kappa shape index (κ2) is 8.91. The molecule has 2 heterocycles. The first-order valence-corrected chi connectivity index (χ1v) is 10.9. The maximum atomic E-state index is 13.1. The number of benzene rings is 1. The van der Waals surface area contributed by atoms with Gasteiger partial charge in [-0.15, -0.1) is 0 Å². The number of nitrogens with one attached hydrogen (secondary N) is 2. The number of aryl methyl sites for hydroxylation is 1. The highest BCUT2D eigenvalue weighted by Crippen LogP contribution is 2.20. The summed E-state index contributed by atoms with van der Waals surface area (Å²) >= 11 is 0. The van der Waals surface area contributed by atoms with Crippen molar-refractivity contribution >= 4 is 17.7 Å². The van der Waals surface area contributed by atoms with Gasteiger partial charge in [-0.25, -0.2) is 0 Å². The van der Waals surface area contributed by atoms with E-state index in [9.17, 15) is 14.4 Å². The normalized spacial score (nSPS) is 17.1. The molecule has 8 heteroatoms. The molecule has 2 aromatic rings. The minimum absolute atomic E-state index is 0.0638. The minimum Gasteiger partial charge on any atom is -0.352 e. The summed E-state index contributed by atoms with van der Waals surface area (Å²) in [6.45, 7) is 5.50. The van der Waals surface area contributed by atoms with Crippen LogP contribution in [0.2, 0.25) is 0 Å². The number of rotatable bonds is 7. The molecule has 0 spiro atoms. The van der Waals surface area contributed by atoms with Crippen molar-refractivity contribution in [3.05, 3.63) is 53.3 Å². The Hall–Kier alpha value is -3.16. The van der Waals surface area contributed by atoms with Crippen LogP contribution in [0, 0.1) is 5.92 Å². The molecule has 31 heavy (non-hydrogen) atoms. The van der Waals surface area contributed by atoms with Crippen LogP contribution >= 0.6 is 0 Å². The van der Waals surface area contributed by atoms with Crippen molar-refractivity contribution in [2.24, 2.45) is 5.92 Å². The third-order valence-corrected chi connectivity index (χ3v) is 5.69. The molecule has 8 nitrogen and oxygen atoms in total. The predicted molar refractivity (Wildman–Crippen MR) is 115 cm³/mol. The van der Waals surface area contributed by atoms with Crippen LogP contribution in [0.5, 0.6) is 0 Å². The lowest BCUT2D eigenvalue weighted by molar-refractivity contribution is -0.124. The summed E-state index contributed by atoms with van der Waals surface area (Å²) in [5.74, 6) is -0.810. The summed E-state index contributed by atoms with van der Waals surface area (Å²) in [7, 11) is 0. The van der Waals surface area contributed by atoms with Crippen molar-refractivity contribution in [3.63, 3.8) is 0 Å².